The molecule has 96 valence electrons. The average molecular weight is 266 g/mol. The third-order valence-corrected chi connectivity index (χ3v) is 3.41. The molecule has 0 fully saturated rings. The molecule has 0 saturated heterocycles. The Balaban J connectivity index is 1.77. The highest BCUT2D eigenvalue weighted by Gasteiger charge is 2.12. The zero-order chi connectivity index (χ0) is 13.0. The van der Waals surface area contributed by atoms with Crippen LogP contribution in [0.3, 0.4) is 0 Å². The van der Waals surface area contributed by atoms with Crippen LogP contribution in [0.5, 0.6) is 0 Å². The van der Waals surface area contributed by atoms with Gasteiger partial charge in [0.25, 0.3) is 5.91 Å². The smallest absolute Gasteiger partial charge is 0.273 e. The van der Waals surface area contributed by atoms with Crippen molar-refractivity contribution in [3.05, 3.63) is 39.9 Å². The standard InChI is InChI=1S/C12H14N2O3S/c1-8-7-9(14-17-8)12(16)13-5-4-10(15)11-3-2-6-18-11/h2-3,6-7,10,15H,4-5H2,1H3,(H,13,16). The number of amides is 1. The van der Waals surface area contributed by atoms with E-state index in [-0.39, 0.29) is 11.6 Å². The molecule has 0 bridgehead atoms. The number of aromatic nitrogens is 1. The summed E-state index contributed by atoms with van der Waals surface area (Å²) in [6.07, 6.45) is -0.0624. The summed E-state index contributed by atoms with van der Waals surface area (Å²) < 4.78 is 4.81. The lowest BCUT2D eigenvalue weighted by Crippen LogP contribution is -2.25. The normalized spacial score (nSPS) is 12.3. The van der Waals surface area contributed by atoms with Crippen molar-refractivity contribution in [2.24, 2.45) is 0 Å². The maximum atomic E-state index is 11.6. The molecular weight excluding hydrogens is 252 g/mol. The molecule has 2 N–H and O–H groups in total. The minimum Gasteiger partial charge on any atom is -0.388 e. The number of aryl methyl sites for hydroxylation is 1. The molecule has 2 aromatic heterocycles. The summed E-state index contributed by atoms with van der Waals surface area (Å²) in [6, 6.07) is 5.34. The number of nitrogens with one attached hydrogen (secondary N) is 1. The lowest BCUT2D eigenvalue weighted by atomic mass is 10.2. The number of aliphatic hydroxyl groups excluding tert-OH is 1. The molecule has 18 heavy (non-hydrogen) atoms. The fourth-order valence-corrected chi connectivity index (χ4v) is 2.26. The Labute approximate surface area is 108 Å². The molecule has 1 unspecified atom stereocenters. The van der Waals surface area contributed by atoms with Gasteiger partial charge in [0.2, 0.25) is 0 Å². The van der Waals surface area contributed by atoms with Crippen LogP contribution >= 0.6 is 11.3 Å². The van der Waals surface area contributed by atoms with Gasteiger partial charge < -0.3 is 14.9 Å². The average Bonchev–Trinajstić information content (AvgIpc) is 2.99. The number of carbonyl (C=O) groups is 1. The molecule has 0 spiro atoms. The summed E-state index contributed by atoms with van der Waals surface area (Å²) in [6.45, 7) is 2.12. The van der Waals surface area contributed by atoms with Crippen molar-refractivity contribution in [1.82, 2.24) is 10.5 Å². The SMILES string of the molecule is Cc1cc(C(=O)NCCC(O)c2cccs2)no1. The summed E-state index contributed by atoms with van der Waals surface area (Å²) in [5.41, 5.74) is 0.262. The Morgan fingerprint density at radius 3 is 3.11 bits per heavy atom. The third-order valence-electron chi connectivity index (χ3n) is 2.44. The Bertz CT molecular complexity index is 507. The largest absolute Gasteiger partial charge is 0.388 e. The van der Waals surface area contributed by atoms with Crippen LogP contribution in [0, 0.1) is 6.92 Å². The summed E-state index contributed by atoms with van der Waals surface area (Å²) >= 11 is 1.50. The predicted octanol–water partition coefficient (Wildman–Crippen LogP) is 1.90. The zero-order valence-electron chi connectivity index (χ0n) is 9.92. The van der Waals surface area contributed by atoms with Crippen molar-refractivity contribution in [2.45, 2.75) is 19.4 Å². The highest BCUT2D eigenvalue weighted by Crippen LogP contribution is 2.20. The number of hydrogen-bond acceptors (Lipinski definition) is 5. The van der Waals surface area contributed by atoms with Gasteiger partial charge in [0.15, 0.2) is 5.69 Å². The zero-order valence-corrected chi connectivity index (χ0v) is 10.7. The van der Waals surface area contributed by atoms with E-state index in [9.17, 15) is 9.90 Å². The second-order valence-electron chi connectivity index (χ2n) is 3.90. The quantitative estimate of drug-likeness (QED) is 0.866. The van der Waals surface area contributed by atoms with Gasteiger partial charge in [0, 0.05) is 17.5 Å². The molecule has 6 heteroatoms. The third kappa shape index (κ3) is 3.18. The van der Waals surface area contributed by atoms with Crippen LogP contribution < -0.4 is 5.32 Å². The number of aliphatic hydroxyl groups is 1. The van der Waals surface area contributed by atoms with E-state index >= 15 is 0 Å². The summed E-state index contributed by atoms with van der Waals surface area (Å²) in [5, 5.41) is 18.0. The first-order chi connectivity index (χ1) is 8.66. The lowest BCUT2D eigenvalue weighted by molar-refractivity contribution is 0.0934. The number of thiophene rings is 1. The first kappa shape index (κ1) is 12.8. The van der Waals surface area contributed by atoms with Crippen molar-refractivity contribution >= 4 is 17.2 Å². The van der Waals surface area contributed by atoms with Crippen LogP contribution in [0.4, 0.5) is 0 Å². The van der Waals surface area contributed by atoms with Gasteiger partial charge >= 0.3 is 0 Å². The molecule has 0 aliphatic rings. The van der Waals surface area contributed by atoms with Gasteiger partial charge in [-0.1, -0.05) is 11.2 Å². The van der Waals surface area contributed by atoms with E-state index in [2.05, 4.69) is 10.5 Å². The molecule has 5 nitrogen and oxygen atoms in total. The van der Waals surface area contributed by atoms with Crippen molar-refractivity contribution < 1.29 is 14.4 Å². The highest BCUT2D eigenvalue weighted by molar-refractivity contribution is 7.10. The molecule has 0 aliphatic heterocycles. The van der Waals surface area contributed by atoms with Crippen LogP contribution in [0.15, 0.2) is 28.1 Å². The topological polar surface area (TPSA) is 75.4 Å². The second kappa shape index (κ2) is 5.79. The molecule has 1 amide bonds. The summed E-state index contributed by atoms with van der Waals surface area (Å²) in [5.74, 6) is 0.309. The van der Waals surface area contributed by atoms with E-state index in [1.54, 1.807) is 13.0 Å². The first-order valence-corrected chi connectivity index (χ1v) is 6.48. The van der Waals surface area contributed by atoms with Crippen LogP contribution in [-0.4, -0.2) is 22.7 Å². The molecule has 0 aromatic carbocycles. The fourth-order valence-electron chi connectivity index (χ4n) is 1.51. The van der Waals surface area contributed by atoms with Crippen LogP contribution in [0.1, 0.15) is 33.7 Å². The van der Waals surface area contributed by atoms with E-state index < -0.39 is 6.10 Å². The van der Waals surface area contributed by atoms with Gasteiger partial charge in [-0.2, -0.15) is 0 Å². The number of carbonyl (C=O) groups excluding carboxylic acids is 1. The molecule has 1 atom stereocenters. The van der Waals surface area contributed by atoms with E-state index in [0.717, 1.165) is 4.88 Å². The number of rotatable bonds is 5. The van der Waals surface area contributed by atoms with Gasteiger partial charge in [-0.05, 0) is 24.8 Å². The molecule has 2 heterocycles. The number of nitrogens with zero attached hydrogens (tertiary/aromatic N) is 1. The Hall–Kier alpha value is -1.66. The van der Waals surface area contributed by atoms with Gasteiger partial charge in [-0.25, -0.2) is 0 Å². The minimum absolute atomic E-state index is 0.262. The van der Waals surface area contributed by atoms with Crippen molar-refractivity contribution in [3.8, 4) is 0 Å². The molecular formula is C12H14N2O3S. The maximum absolute atomic E-state index is 11.6. The predicted molar refractivity (Wildman–Crippen MR) is 67.5 cm³/mol. The molecule has 2 rings (SSSR count). The summed E-state index contributed by atoms with van der Waals surface area (Å²) in [4.78, 5) is 12.5. The highest BCUT2D eigenvalue weighted by atomic mass is 32.1. The van der Waals surface area contributed by atoms with E-state index in [0.29, 0.717) is 18.7 Å². The first-order valence-electron chi connectivity index (χ1n) is 5.60. The van der Waals surface area contributed by atoms with E-state index in [1.165, 1.54) is 11.3 Å². The lowest BCUT2D eigenvalue weighted by Gasteiger charge is -2.08. The van der Waals surface area contributed by atoms with Crippen molar-refractivity contribution in [3.63, 3.8) is 0 Å². The van der Waals surface area contributed by atoms with Gasteiger partial charge in [-0.15, -0.1) is 11.3 Å². The molecule has 2 aromatic rings. The molecule has 0 aliphatic carbocycles. The van der Waals surface area contributed by atoms with Crippen LogP contribution in [0.2, 0.25) is 0 Å². The number of hydrogen-bond donors (Lipinski definition) is 2. The van der Waals surface area contributed by atoms with Crippen molar-refractivity contribution in [2.75, 3.05) is 6.54 Å². The van der Waals surface area contributed by atoms with Gasteiger partial charge in [-0.3, -0.25) is 4.79 Å². The Morgan fingerprint density at radius 2 is 2.50 bits per heavy atom. The van der Waals surface area contributed by atoms with Gasteiger partial charge in [0.05, 0.1) is 6.10 Å². The van der Waals surface area contributed by atoms with Crippen LogP contribution in [-0.2, 0) is 0 Å². The summed E-state index contributed by atoms with van der Waals surface area (Å²) in [7, 11) is 0. The Morgan fingerprint density at radius 1 is 1.67 bits per heavy atom. The monoisotopic (exact) mass is 266 g/mol. The minimum atomic E-state index is -0.538. The van der Waals surface area contributed by atoms with E-state index in [4.69, 9.17) is 4.52 Å². The molecule has 0 radical (unpaired) electrons. The Kier molecular flexibility index (Phi) is 4.11. The van der Waals surface area contributed by atoms with E-state index in [1.807, 2.05) is 17.5 Å². The second-order valence-corrected chi connectivity index (χ2v) is 4.88. The maximum Gasteiger partial charge on any atom is 0.273 e. The van der Waals surface area contributed by atoms with Gasteiger partial charge in [0.1, 0.15) is 5.76 Å². The van der Waals surface area contributed by atoms with Crippen LogP contribution in [0.25, 0.3) is 0 Å². The molecule has 0 saturated carbocycles. The van der Waals surface area contributed by atoms with Crippen molar-refractivity contribution in [1.29, 1.82) is 0 Å². The fraction of sp³-hybridized carbons (Fsp3) is 0.333.